The lowest BCUT2D eigenvalue weighted by atomic mass is 10.4. The van der Waals surface area contributed by atoms with Crippen molar-refractivity contribution in [2.45, 2.75) is 11.4 Å². The summed E-state index contributed by atoms with van der Waals surface area (Å²) in [5.74, 6) is 0.598. The minimum atomic E-state index is -3.82. The molecule has 0 bridgehead atoms. The van der Waals surface area contributed by atoms with E-state index >= 15 is 0 Å². The van der Waals surface area contributed by atoms with Crippen LogP contribution in [0.2, 0.25) is 0 Å². The van der Waals surface area contributed by atoms with Crippen molar-refractivity contribution in [3.63, 3.8) is 0 Å². The monoisotopic (exact) mass is 482 g/mol. The highest BCUT2D eigenvalue weighted by Gasteiger charge is 2.29. The summed E-state index contributed by atoms with van der Waals surface area (Å²) in [5, 5.41) is 7.91. The van der Waals surface area contributed by atoms with E-state index in [9.17, 15) is 8.42 Å². The van der Waals surface area contributed by atoms with Crippen molar-refractivity contribution < 1.29 is 12.9 Å². The van der Waals surface area contributed by atoms with Crippen molar-refractivity contribution >= 4 is 53.8 Å². The van der Waals surface area contributed by atoms with Gasteiger partial charge in [-0.3, -0.25) is 0 Å². The molecule has 27 heavy (non-hydrogen) atoms. The minimum Gasteiger partial charge on any atom is -0.337 e. The van der Waals surface area contributed by atoms with Gasteiger partial charge in [-0.1, -0.05) is 23.4 Å². The van der Waals surface area contributed by atoms with Crippen LogP contribution in [0.15, 0.2) is 67.2 Å². The van der Waals surface area contributed by atoms with Gasteiger partial charge in [-0.25, -0.2) is 17.7 Å². The molecule has 0 unspecified atom stereocenters. The van der Waals surface area contributed by atoms with Gasteiger partial charge in [0.2, 0.25) is 11.7 Å². The molecule has 0 aliphatic carbocycles. The van der Waals surface area contributed by atoms with Gasteiger partial charge in [-0.05, 0) is 34.1 Å². The topological polar surface area (TPSA) is 89.2 Å². The average molecular weight is 483 g/mol. The van der Waals surface area contributed by atoms with Gasteiger partial charge >= 0.3 is 0 Å². The first kappa shape index (κ1) is 18.3. The first-order chi connectivity index (χ1) is 13.0. The molecule has 0 spiro atoms. The average Bonchev–Trinajstić information content (AvgIpc) is 3.42. The lowest BCUT2D eigenvalue weighted by Crippen LogP contribution is -2.30. The van der Waals surface area contributed by atoms with Crippen molar-refractivity contribution in [2.75, 3.05) is 4.31 Å². The Morgan fingerprint density at radius 3 is 2.67 bits per heavy atom. The van der Waals surface area contributed by atoms with Crippen molar-refractivity contribution in [3.8, 4) is 10.7 Å². The van der Waals surface area contributed by atoms with Crippen molar-refractivity contribution in [3.05, 3.63) is 63.7 Å². The van der Waals surface area contributed by atoms with E-state index in [1.807, 2.05) is 11.4 Å². The fraction of sp³-hybridized carbons (Fsp3) is 0.0625. The van der Waals surface area contributed by atoms with Gasteiger partial charge in [0, 0.05) is 21.4 Å². The van der Waals surface area contributed by atoms with Crippen LogP contribution in [-0.4, -0.2) is 23.5 Å². The molecule has 3 heterocycles. The third-order valence-electron chi connectivity index (χ3n) is 3.50. The van der Waals surface area contributed by atoms with E-state index in [2.05, 4.69) is 31.1 Å². The van der Waals surface area contributed by atoms with E-state index < -0.39 is 10.0 Å². The number of nitrogens with zero attached hydrogens (tertiary/aromatic N) is 4. The Bertz CT molecular complexity index is 1140. The standard InChI is InChI=1S/C16H11BrN4O3S3/c17-11-8-13(26-10-11)15-19-14(24-20-15)9-21(16-18-6-7-25-16)27(22,23)12-4-2-1-3-5-12/h1-8,10H,9H2. The molecular formula is C16H11BrN4O3S3. The van der Waals surface area contributed by atoms with E-state index in [0.29, 0.717) is 11.0 Å². The van der Waals surface area contributed by atoms with Gasteiger partial charge in [0.05, 0.1) is 9.77 Å². The maximum Gasteiger partial charge on any atom is 0.266 e. The first-order valence-corrected chi connectivity index (χ1v) is 11.6. The fourth-order valence-corrected chi connectivity index (χ4v) is 5.90. The molecule has 4 aromatic rings. The molecule has 138 valence electrons. The van der Waals surface area contributed by atoms with Crippen LogP contribution in [0.25, 0.3) is 10.7 Å². The van der Waals surface area contributed by atoms with Crippen LogP contribution in [0.1, 0.15) is 5.89 Å². The molecule has 0 fully saturated rings. The SMILES string of the molecule is O=S(=O)(c1ccccc1)N(Cc1nc(-c2cc(Br)cs2)no1)c1nccs1. The molecular weight excluding hydrogens is 472 g/mol. The lowest BCUT2D eigenvalue weighted by molar-refractivity contribution is 0.380. The number of rotatable bonds is 6. The summed E-state index contributed by atoms with van der Waals surface area (Å²) in [7, 11) is -3.82. The Morgan fingerprint density at radius 2 is 2.00 bits per heavy atom. The van der Waals surface area contributed by atoms with Crippen molar-refractivity contribution in [1.29, 1.82) is 0 Å². The number of anilines is 1. The van der Waals surface area contributed by atoms with Crippen LogP contribution < -0.4 is 4.31 Å². The smallest absolute Gasteiger partial charge is 0.266 e. The highest BCUT2D eigenvalue weighted by molar-refractivity contribution is 9.10. The van der Waals surface area contributed by atoms with Crippen molar-refractivity contribution in [2.24, 2.45) is 0 Å². The largest absolute Gasteiger partial charge is 0.337 e. The summed E-state index contributed by atoms with van der Waals surface area (Å²) in [4.78, 5) is 9.47. The van der Waals surface area contributed by atoms with Gasteiger partial charge < -0.3 is 4.52 Å². The molecule has 3 aromatic heterocycles. The van der Waals surface area contributed by atoms with Crippen LogP contribution in [0, 0.1) is 0 Å². The summed E-state index contributed by atoms with van der Waals surface area (Å²) >= 11 is 6.07. The lowest BCUT2D eigenvalue weighted by Gasteiger charge is -2.19. The number of hydrogen-bond donors (Lipinski definition) is 0. The molecule has 0 saturated heterocycles. The maximum absolute atomic E-state index is 13.1. The van der Waals surface area contributed by atoms with E-state index in [4.69, 9.17) is 4.52 Å². The molecule has 0 atom stereocenters. The van der Waals surface area contributed by atoms with Crippen molar-refractivity contribution in [1.82, 2.24) is 15.1 Å². The number of aromatic nitrogens is 3. The van der Waals surface area contributed by atoms with E-state index in [-0.39, 0.29) is 17.3 Å². The number of thiophene rings is 1. The number of sulfonamides is 1. The van der Waals surface area contributed by atoms with E-state index in [1.54, 1.807) is 41.9 Å². The Morgan fingerprint density at radius 1 is 1.19 bits per heavy atom. The van der Waals surface area contributed by atoms with Gasteiger partial charge in [-0.15, -0.1) is 22.7 Å². The number of thiazole rings is 1. The zero-order chi connectivity index (χ0) is 18.9. The molecule has 7 nitrogen and oxygen atoms in total. The highest BCUT2D eigenvalue weighted by Crippen LogP contribution is 2.30. The van der Waals surface area contributed by atoms with Gasteiger partial charge in [0.25, 0.3) is 10.0 Å². The predicted molar refractivity (Wildman–Crippen MR) is 107 cm³/mol. The molecule has 11 heteroatoms. The second-order valence-electron chi connectivity index (χ2n) is 5.28. The van der Waals surface area contributed by atoms with Crippen LogP contribution in [0.3, 0.4) is 0 Å². The predicted octanol–water partition coefficient (Wildman–Crippen LogP) is 4.41. The van der Waals surface area contributed by atoms with Crippen LogP contribution >= 0.6 is 38.6 Å². The maximum atomic E-state index is 13.1. The molecule has 0 aliphatic heterocycles. The zero-order valence-electron chi connectivity index (χ0n) is 13.5. The highest BCUT2D eigenvalue weighted by atomic mass is 79.9. The number of benzene rings is 1. The first-order valence-electron chi connectivity index (χ1n) is 7.58. The summed E-state index contributed by atoms with van der Waals surface area (Å²) in [6.45, 7) is -0.107. The normalized spacial score (nSPS) is 11.6. The fourth-order valence-electron chi connectivity index (χ4n) is 2.29. The van der Waals surface area contributed by atoms with Crippen LogP contribution in [0.4, 0.5) is 5.13 Å². The molecule has 0 N–H and O–H groups in total. The summed E-state index contributed by atoms with van der Waals surface area (Å²) < 4.78 is 33.6. The van der Waals surface area contributed by atoms with Crippen LogP contribution in [-0.2, 0) is 16.6 Å². The van der Waals surface area contributed by atoms with E-state index in [1.165, 1.54) is 27.0 Å². The third-order valence-corrected chi connectivity index (χ3v) is 7.85. The Labute approximate surface area is 171 Å². The van der Waals surface area contributed by atoms with E-state index in [0.717, 1.165) is 9.35 Å². The molecule has 0 radical (unpaired) electrons. The van der Waals surface area contributed by atoms with Crippen LogP contribution in [0.5, 0.6) is 0 Å². The molecule has 0 amide bonds. The van der Waals surface area contributed by atoms with Gasteiger partial charge in [0.15, 0.2) is 5.13 Å². The van der Waals surface area contributed by atoms with Gasteiger partial charge in [-0.2, -0.15) is 4.98 Å². The summed E-state index contributed by atoms with van der Waals surface area (Å²) in [6, 6.07) is 10.1. The minimum absolute atomic E-state index is 0.107. The number of halogens is 1. The summed E-state index contributed by atoms with van der Waals surface area (Å²) in [6.07, 6.45) is 1.55. The zero-order valence-corrected chi connectivity index (χ0v) is 17.6. The number of hydrogen-bond acceptors (Lipinski definition) is 8. The molecule has 0 aliphatic rings. The Balaban J connectivity index is 1.68. The second-order valence-corrected chi connectivity index (χ2v) is 9.84. The molecule has 0 saturated carbocycles. The second kappa shape index (κ2) is 7.50. The quantitative estimate of drug-likeness (QED) is 0.404. The third kappa shape index (κ3) is 3.81. The Kier molecular flexibility index (Phi) is 5.08. The molecule has 1 aromatic carbocycles. The van der Waals surface area contributed by atoms with Gasteiger partial charge in [0.1, 0.15) is 6.54 Å². The molecule has 4 rings (SSSR count). The Hall–Kier alpha value is -2.08. The summed E-state index contributed by atoms with van der Waals surface area (Å²) in [5.41, 5.74) is 0.